The third kappa shape index (κ3) is 5.19. The lowest BCUT2D eigenvalue weighted by Crippen LogP contribution is -2.12. The maximum atomic E-state index is 12.3. The van der Waals surface area contributed by atoms with Gasteiger partial charge in [0.15, 0.2) is 0 Å². The number of nitrogens with zero attached hydrogens (tertiary/aromatic N) is 1. The predicted molar refractivity (Wildman–Crippen MR) is 93.7 cm³/mol. The van der Waals surface area contributed by atoms with E-state index in [9.17, 15) is 8.42 Å². The van der Waals surface area contributed by atoms with Crippen molar-refractivity contribution in [2.45, 2.75) is 24.0 Å². The predicted octanol–water partition coefficient (Wildman–Crippen LogP) is 2.95. The number of hydrogen-bond donors (Lipinski definition) is 2. The van der Waals surface area contributed by atoms with Gasteiger partial charge in [-0.05, 0) is 37.1 Å². The van der Waals surface area contributed by atoms with Crippen LogP contribution < -0.4 is 10.0 Å². The number of ether oxygens (including phenoxy) is 1. The van der Waals surface area contributed by atoms with Gasteiger partial charge < -0.3 is 10.1 Å². The van der Waals surface area contributed by atoms with Crippen LogP contribution in [0.3, 0.4) is 0 Å². The number of nitrogens with one attached hydrogen (secondary N) is 2. The SMILES string of the molecule is CCc1ccc(S(=O)(=O)Nc2ccc(NCCCOC)cn2)s1. The van der Waals surface area contributed by atoms with Crippen LogP contribution in [0.25, 0.3) is 0 Å². The molecule has 0 saturated carbocycles. The second-order valence-electron chi connectivity index (χ2n) is 4.89. The number of anilines is 2. The summed E-state index contributed by atoms with van der Waals surface area (Å²) in [7, 11) is -1.90. The molecule has 23 heavy (non-hydrogen) atoms. The molecule has 6 nitrogen and oxygen atoms in total. The van der Waals surface area contributed by atoms with Crippen LogP contribution in [0.5, 0.6) is 0 Å². The molecule has 0 aliphatic rings. The summed E-state index contributed by atoms with van der Waals surface area (Å²) >= 11 is 1.28. The van der Waals surface area contributed by atoms with Gasteiger partial charge in [-0.25, -0.2) is 13.4 Å². The zero-order valence-corrected chi connectivity index (χ0v) is 14.8. The van der Waals surface area contributed by atoms with E-state index in [0.29, 0.717) is 16.6 Å². The van der Waals surface area contributed by atoms with Gasteiger partial charge in [-0.3, -0.25) is 4.72 Å². The van der Waals surface area contributed by atoms with Crippen LogP contribution >= 0.6 is 11.3 Å². The Morgan fingerprint density at radius 3 is 2.70 bits per heavy atom. The maximum absolute atomic E-state index is 12.3. The molecule has 2 heterocycles. The molecule has 0 spiro atoms. The average molecular weight is 355 g/mol. The van der Waals surface area contributed by atoms with E-state index in [4.69, 9.17) is 4.74 Å². The Morgan fingerprint density at radius 2 is 2.09 bits per heavy atom. The van der Waals surface area contributed by atoms with Gasteiger partial charge in [0.1, 0.15) is 10.0 Å². The molecule has 8 heteroatoms. The fourth-order valence-electron chi connectivity index (χ4n) is 1.89. The van der Waals surface area contributed by atoms with Crippen LogP contribution in [0.2, 0.25) is 0 Å². The van der Waals surface area contributed by atoms with Gasteiger partial charge in [0.05, 0.1) is 11.9 Å². The number of aryl methyl sites for hydroxylation is 1. The quantitative estimate of drug-likeness (QED) is 0.676. The third-order valence-corrected chi connectivity index (χ3v) is 6.18. The van der Waals surface area contributed by atoms with Crippen LogP contribution in [0.4, 0.5) is 11.5 Å². The first kappa shape index (κ1) is 17.7. The van der Waals surface area contributed by atoms with Crippen molar-refractivity contribution >= 4 is 32.9 Å². The van der Waals surface area contributed by atoms with Crippen molar-refractivity contribution in [2.75, 3.05) is 30.3 Å². The second-order valence-corrected chi connectivity index (χ2v) is 7.96. The molecule has 2 aromatic rings. The molecule has 0 aliphatic carbocycles. The van der Waals surface area contributed by atoms with Crippen LogP contribution in [0.15, 0.2) is 34.7 Å². The van der Waals surface area contributed by atoms with E-state index in [1.807, 2.05) is 13.0 Å². The molecule has 0 unspecified atom stereocenters. The number of sulfonamides is 1. The normalized spacial score (nSPS) is 11.4. The molecule has 0 fully saturated rings. The lowest BCUT2D eigenvalue weighted by atomic mass is 10.4. The highest BCUT2D eigenvalue weighted by molar-refractivity contribution is 7.94. The molecule has 0 aromatic carbocycles. The summed E-state index contributed by atoms with van der Waals surface area (Å²) < 4.78 is 32.4. The Bertz CT molecular complexity index is 712. The minimum absolute atomic E-state index is 0.304. The Morgan fingerprint density at radius 1 is 1.26 bits per heavy atom. The zero-order valence-electron chi connectivity index (χ0n) is 13.2. The summed E-state index contributed by atoms with van der Waals surface area (Å²) in [5.74, 6) is 0.305. The van der Waals surface area contributed by atoms with Gasteiger partial charge in [-0.2, -0.15) is 0 Å². The monoisotopic (exact) mass is 355 g/mol. The van der Waals surface area contributed by atoms with Crippen molar-refractivity contribution in [3.8, 4) is 0 Å². The summed E-state index contributed by atoms with van der Waals surface area (Å²) in [4.78, 5) is 5.17. The Labute approximate surface area is 141 Å². The van der Waals surface area contributed by atoms with Crippen molar-refractivity contribution < 1.29 is 13.2 Å². The number of hydrogen-bond acceptors (Lipinski definition) is 6. The standard InChI is InChI=1S/C15H21N3O3S2/c1-3-13-6-8-15(22-13)23(19,20)18-14-7-5-12(11-17-14)16-9-4-10-21-2/h5-8,11,16H,3-4,9-10H2,1-2H3,(H,17,18). The largest absolute Gasteiger partial charge is 0.385 e. The van der Waals surface area contributed by atoms with Crippen LogP contribution in [-0.2, 0) is 21.2 Å². The van der Waals surface area contributed by atoms with Crippen molar-refractivity contribution in [1.29, 1.82) is 0 Å². The summed E-state index contributed by atoms with van der Waals surface area (Å²) in [6, 6.07) is 6.89. The summed E-state index contributed by atoms with van der Waals surface area (Å²) in [6.07, 6.45) is 3.32. The van der Waals surface area contributed by atoms with E-state index in [2.05, 4.69) is 15.0 Å². The first-order valence-corrected chi connectivity index (χ1v) is 9.65. The molecule has 0 radical (unpaired) electrons. The Kier molecular flexibility index (Phi) is 6.37. The third-order valence-electron chi connectivity index (χ3n) is 3.11. The second kappa shape index (κ2) is 8.28. The molecule has 0 saturated heterocycles. The van der Waals surface area contributed by atoms with Gasteiger partial charge in [-0.1, -0.05) is 6.92 Å². The van der Waals surface area contributed by atoms with E-state index in [1.165, 1.54) is 11.3 Å². The van der Waals surface area contributed by atoms with E-state index in [-0.39, 0.29) is 0 Å². The summed E-state index contributed by atoms with van der Waals surface area (Å²) in [5.41, 5.74) is 0.841. The fraction of sp³-hybridized carbons (Fsp3) is 0.400. The topological polar surface area (TPSA) is 80.3 Å². The molecule has 2 aromatic heterocycles. The highest BCUT2D eigenvalue weighted by Gasteiger charge is 2.17. The van der Waals surface area contributed by atoms with E-state index in [0.717, 1.165) is 30.0 Å². The van der Waals surface area contributed by atoms with Crippen molar-refractivity contribution in [1.82, 2.24) is 4.98 Å². The van der Waals surface area contributed by atoms with Gasteiger partial charge in [-0.15, -0.1) is 11.3 Å². The minimum Gasteiger partial charge on any atom is -0.385 e. The highest BCUT2D eigenvalue weighted by atomic mass is 32.2. The van der Waals surface area contributed by atoms with Crippen molar-refractivity contribution in [3.63, 3.8) is 0 Å². The molecular formula is C15H21N3O3S2. The fourth-order valence-corrected chi connectivity index (χ4v) is 4.19. The molecule has 0 amide bonds. The minimum atomic E-state index is -3.57. The number of rotatable bonds is 9. The van der Waals surface area contributed by atoms with Gasteiger partial charge in [0.25, 0.3) is 10.0 Å². The van der Waals surface area contributed by atoms with E-state index >= 15 is 0 Å². The van der Waals surface area contributed by atoms with Crippen LogP contribution in [0, 0.1) is 0 Å². The van der Waals surface area contributed by atoms with Crippen molar-refractivity contribution in [3.05, 3.63) is 35.3 Å². The first-order valence-electron chi connectivity index (χ1n) is 7.35. The molecule has 2 rings (SSSR count). The van der Waals surface area contributed by atoms with Crippen LogP contribution in [0.1, 0.15) is 18.2 Å². The lowest BCUT2D eigenvalue weighted by Gasteiger charge is -2.08. The summed E-state index contributed by atoms with van der Waals surface area (Å²) in [5, 5.41) is 3.19. The summed E-state index contributed by atoms with van der Waals surface area (Å²) in [6.45, 7) is 3.46. The van der Waals surface area contributed by atoms with Crippen LogP contribution in [-0.4, -0.2) is 33.7 Å². The van der Waals surface area contributed by atoms with E-state index in [1.54, 1.807) is 31.5 Å². The lowest BCUT2D eigenvalue weighted by molar-refractivity contribution is 0.198. The van der Waals surface area contributed by atoms with Gasteiger partial charge in [0, 0.05) is 25.1 Å². The van der Waals surface area contributed by atoms with Gasteiger partial charge in [0.2, 0.25) is 0 Å². The Hall–Kier alpha value is -1.64. The molecule has 0 bridgehead atoms. The number of pyridine rings is 1. The number of thiophene rings is 1. The average Bonchev–Trinajstić information content (AvgIpc) is 3.03. The smallest absolute Gasteiger partial charge is 0.272 e. The molecule has 0 aliphatic heterocycles. The molecular weight excluding hydrogens is 334 g/mol. The van der Waals surface area contributed by atoms with E-state index < -0.39 is 10.0 Å². The number of methoxy groups -OCH3 is 1. The first-order chi connectivity index (χ1) is 11.0. The maximum Gasteiger partial charge on any atom is 0.272 e. The van der Waals surface area contributed by atoms with Gasteiger partial charge >= 0.3 is 0 Å². The molecule has 126 valence electrons. The number of aromatic nitrogens is 1. The molecule has 2 N–H and O–H groups in total. The molecule has 0 atom stereocenters. The highest BCUT2D eigenvalue weighted by Crippen LogP contribution is 2.24. The Balaban J connectivity index is 1.97. The zero-order chi connectivity index (χ0) is 16.7. The van der Waals surface area contributed by atoms with Crippen molar-refractivity contribution in [2.24, 2.45) is 0 Å².